The minimum absolute atomic E-state index is 0.488. The predicted octanol–water partition coefficient (Wildman–Crippen LogP) is 6.11. The maximum Gasteiger partial charge on any atom is 0.277 e. The molecule has 30 heavy (non-hydrogen) atoms. The van der Waals surface area contributed by atoms with Crippen molar-refractivity contribution in [1.29, 1.82) is 0 Å². The van der Waals surface area contributed by atoms with Gasteiger partial charge in [0.15, 0.2) is 0 Å². The van der Waals surface area contributed by atoms with E-state index in [1.54, 1.807) is 6.92 Å². The monoisotopic (exact) mass is 420 g/mol. The maximum absolute atomic E-state index is 9.38. The van der Waals surface area contributed by atoms with Crippen LogP contribution < -0.4 is 0 Å². The molecule has 0 aromatic heterocycles. The second-order valence-corrected chi connectivity index (χ2v) is 12.6. The minimum atomic E-state index is -2.53. The molecular formula is C27H48O3. The molecule has 0 aromatic rings. The Morgan fingerprint density at radius 3 is 2.27 bits per heavy atom. The van der Waals surface area contributed by atoms with Gasteiger partial charge in [-0.3, -0.25) is 0 Å². The highest BCUT2D eigenvalue weighted by Crippen LogP contribution is 2.68. The second-order valence-electron chi connectivity index (χ2n) is 12.6. The van der Waals surface area contributed by atoms with Crippen molar-refractivity contribution in [2.75, 3.05) is 0 Å². The smallest absolute Gasteiger partial charge is 0.277 e. The molecule has 4 saturated carbocycles. The molecule has 3 nitrogen and oxygen atoms in total. The van der Waals surface area contributed by atoms with Crippen molar-refractivity contribution in [2.24, 2.45) is 52.3 Å². The molecule has 0 bridgehead atoms. The first kappa shape index (κ1) is 23.1. The zero-order valence-electron chi connectivity index (χ0n) is 20.1. The third-order valence-corrected chi connectivity index (χ3v) is 11.3. The lowest BCUT2D eigenvalue weighted by Gasteiger charge is -2.61. The van der Waals surface area contributed by atoms with Crippen LogP contribution in [-0.2, 0) is 0 Å². The summed E-state index contributed by atoms with van der Waals surface area (Å²) in [7, 11) is 0. The maximum atomic E-state index is 9.38. The first-order valence-electron chi connectivity index (χ1n) is 13.2. The van der Waals surface area contributed by atoms with Gasteiger partial charge in [-0.25, -0.2) is 0 Å². The van der Waals surface area contributed by atoms with Crippen LogP contribution in [0.3, 0.4) is 0 Å². The number of hydrogen-bond acceptors (Lipinski definition) is 3. The van der Waals surface area contributed by atoms with Crippen molar-refractivity contribution in [3.05, 3.63) is 0 Å². The highest BCUT2D eigenvalue weighted by Gasteiger charge is 2.60. The second kappa shape index (κ2) is 8.34. The molecule has 9 atom stereocenters. The lowest BCUT2D eigenvalue weighted by molar-refractivity contribution is -0.340. The summed E-state index contributed by atoms with van der Waals surface area (Å²) in [5.41, 5.74) is 1.15. The topological polar surface area (TPSA) is 60.7 Å². The molecule has 3 heteroatoms. The van der Waals surface area contributed by atoms with Crippen molar-refractivity contribution in [1.82, 2.24) is 0 Å². The van der Waals surface area contributed by atoms with Gasteiger partial charge in [0.05, 0.1) is 0 Å². The molecule has 4 aliphatic carbocycles. The average molecular weight is 421 g/mol. The molecule has 3 N–H and O–H groups in total. The van der Waals surface area contributed by atoms with Crippen LogP contribution in [-0.4, -0.2) is 21.3 Å². The lowest BCUT2D eigenvalue weighted by atomic mass is 9.44. The van der Waals surface area contributed by atoms with E-state index in [1.165, 1.54) is 64.2 Å². The van der Waals surface area contributed by atoms with E-state index in [4.69, 9.17) is 0 Å². The van der Waals surface area contributed by atoms with E-state index < -0.39 is 11.9 Å². The summed E-state index contributed by atoms with van der Waals surface area (Å²) in [6.07, 6.45) is 17.4. The fraction of sp³-hybridized carbons (Fsp3) is 1.00. The normalized spacial score (nSPS) is 45.9. The molecule has 2 unspecified atom stereocenters. The van der Waals surface area contributed by atoms with E-state index in [1.807, 2.05) is 0 Å². The summed E-state index contributed by atoms with van der Waals surface area (Å²) in [4.78, 5) is 0. The average Bonchev–Trinajstić information content (AvgIpc) is 3.04. The summed E-state index contributed by atoms with van der Waals surface area (Å²) in [5, 5.41) is 28.1. The zero-order valence-corrected chi connectivity index (χ0v) is 20.1. The van der Waals surface area contributed by atoms with Crippen LogP contribution in [0.5, 0.6) is 0 Å². The predicted molar refractivity (Wildman–Crippen MR) is 121 cm³/mol. The van der Waals surface area contributed by atoms with Crippen LogP contribution in [0.25, 0.3) is 0 Å². The highest BCUT2D eigenvalue weighted by molar-refractivity contribution is 5.09. The van der Waals surface area contributed by atoms with Gasteiger partial charge in [0.25, 0.3) is 5.97 Å². The fourth-order valence-corrected chi connectivity index (χ4v) is 9.41. The largest absolute Gasteiger partial charge is 0.343 e. The van der Waals surface area contributed by atoms with Crippen molar-refractivity contribution >= 4 is 0 Å². The quantitative estimate of drug-likeness (QED) is 0.454. The Labute approximate surface area is 185 Å². The van der Waals surface area contributed by atoms with Crippen LogP contribution in [0.15, 0.2) is 0 Å². The van der Waals surface area contributed by atoms with Gasteiger partial charge in [0, 0.05) is 5.92 Å². The summed E-state index contributed by atoms with van der Waals surface area (Å²) < 4.78 is 0. The van der Waals surface area contributed by atoms with Crippen LogP contribution in [0.1, 0.15) is 111 Å². The third kappa shape index (κ3) is 3.90. The van der Waals surface area contributed by atoms with Crippen molar-refractivity contribution in [2.45, 2.75) is 117 Å². The summed E-state index contributed by atoms with van der Waals surface area (Å²) in [5.74, 6) is 2.39. The molecule has 4 aliphatic rings. The molecule has 4 fully saturated rings. The Hall–Kier alpha value is -0.120. The number of aliphatic hydroxyl groups is 3. The van der Waals surface area contributed by atoms with E-state index in [0.29, 0.717) is 23.2 Å². The van der Waals surface area contributed by atoms with E-state index in [-0.39, 0.29) is 0 Å². The van der Waals surface area contributed by atoms with Crippen LogP contribution in [0.2, 0.25) is 0 Å². The van der Waals surface area contributed by atoms with Gasteiger partial charge >= 0.3 is 0 Å². The van der Waals surface area contributed by atoms with Gasteiger partial charge in [-0.05, 0) is 104 Å². The number of fused-ring (bicyclic) bond motifs is 5. The van der Waals surface area contributed by atoms with Gasteiger partial charge in [-0.2, -0.15) is 0 Å². The molecule has 0 aromatic carbocycles. The highest BCUT2D eigenvalue weighted by atomic mass is 16.7. The Morgan fingerprint density at radius 2 is 1.53 bits per heavy atom. The standard InChI is InChI=1S/C27H48O3/c1-18(8-7-9-19(2)27(28,29)30)22-13-14-23-21-12-11-20-10-5-6-16-25(20,3)24(21)15-17-26(22,23)4/h18-24,28-30H,5-17H2,1-4H3/t18-,19?,20?,21+,22-,23+,24+,25+,26-/m1/s1. The van der Waals surface area contributed by atoms with Crippen LogP contribution in [0, 0.1) is 52.3 Å². The van der Waals surface area contributed by atoms with Gasteiger partial charge in [0.1, 0.15) is 0 Å². The van der Waals surface area contributed by atoms with E-state index in [0.717, 1.165) is 42.4 Å². The van der Waals surface area contributed by atoms with Gasteiger partial charge in [-0.15, -0.1) is 0 Å². The summed E-state index contributed by atoms with van der Waals surface area (Å²) >= 11 is 0. The van der Waals surface area contributed by atoms with Crippen LogP contribution in [0.4, 0.5) is 0 Å². The van der Waals surface area contributed by atoms with Gasteiger partial charge < -0.3 is 15.3 Å². The molecule has 0 aliphatic heterocycles. The molecule has 0 radical (unpaired) electrons. The molecule has 0 spiro atoms. The van der Waals surface area contributed by atoms with Gasteiger partial charge in [-0.1, -0.05) is 53.4 Å². The molecule has 0 amide bonds. The first-order valence-corrected chi connectivity index (χ1v) is 13.2. The molecular weight excluding hydrogens is 372 g/mol. The minimum Gasteiger partial charge on any atom is -0.343 e. The Kier molecular flexibility index (Phi) is 6.41. The van der Waals surface area contributed by atoms with E-state index in [9.17, 15) is 15.3 Å². The molecule has 174 valence electrons. The van der Waals surface area contributed by atoms with Crippen molar-refractivity contribution in [3.63, 3.8) is 0 Å². The fourth-order valence-electron chi connectivity index (χ4n) is 9.41. The molecule has 0 saturated heterocycles. The van der Waals surface area contributed by atoms with E-state index >= 15 is 0 Å². The summed E-state index contributed by atoms with van der Waals surface area (Å²) in [6.45, 7) is 9.48. The van der Waals surface area contributed by atoms with Crippen LogP contribution >= 0.6 is 0 Å². The lowest BCUT2D eigenvalue weighted by Crippen LogP contribution is -2.53. The zero-order chi connectivity index (χ0) is 21.7. The Balaban J connectivity index is 1.40. The first-order chi connectivity index (χ1) is 14.1. The summed E-state index contributed by atoms with van der Waals surface area (Å²) in [6, 6.07) is 0. The number of rotatable bonds is 6. The Morgan fingerprint density at radius 1 is 0.800 bits per heavy atom. The SMILES string of the molecule is CC(CCC[C@@H](C)[C@H]1CC[C@H]2[C@@H]3CCC4CCCC[C@]4(C)[C@H]3CC[C@]12C)C(O)(O)O. The van der Waals surface area contributed by atoms with Gasteiger partial charge in [0.2, 0.25) is 0 Å². The van der Waals surface area contributed by atoms with Crippen molar-refractivity contribution < 1.29 is 15.3 Å². The van der Waals surface area contributed by atoms with E-state index in [2.05, 4.69) is 20.8 Å². The third-order valence-electron chi connectivity index (χ3n) is 11.3. The molecule has 4 rings (SSSR count). The molecule has 0 heterocycles. The number of hydrogen-bond donors (Lipinski definition) is 3. The Bertz CT molecular complexity index is 597. The van der Waals surface area contributed by atoms with Crippen molar-refractivity contribution in [3.8, 4) is 0 Å².